The van der Waals surface area contributed by atoms with Gasteiger partial charge in [0.2, 0.25) is 5.91 Å². The van der Waals surface area contributed by atoms with Gasteiger partial charge in [-0.3, -0.25) is 14.5 Å². The molecule has 4 rings (SSSR count). The third-order valence-corrected chi connectivity index (χ3v) is 6.04. The molecule has 1 aromatic heterocycles. The molecule has 0 bridgehead atoms. The third-order valence-electron chi connectivity index (χ3n) is 6.04. The molecule has 1 aliphatic carbocycles. The van der Waals surface area contributed by atoms with Crippen LogP contribution >= 0.6 is 0 Å². The molecule has 3 N–H and O–H groups in total. The van der Waals surface area contributed by atoms with Crippen molar-refractivity contribution >= 4 is 22.8 Å². The summed E-state index contributed by atoms with van der Waals surface area (Å²) < 4.78 is 1.99. The number of nitrogens with one attached hydrogen (secondary N) is 2. The van der Waals surface area contributed by atoms with Crippen LogP contribution in [0, 0.1) is 6.92 Å². The lowest BCUT2D eigenvalue weighted by atomic mass is 9.86. The highest BCUT2D eigenvalue weighted by Crippen LogP contribution is 2.25. The smallest absolute Gasteiger partial charge is 0.251 e. The van der Waals surface area contributed by atoms with Crippen LogP contribution in [-0.2, 0) is 11.8 Å². The molecule has 2 fully saturated rings. The summed E-state index contributed by atoms with van der Waals surface area (Å²) in [6.45, 7) is 3.56. The van der Waals surface area contributed by atoms with Gasteiger partial charge in [-0.05, 0) is 44.4 Å². The number of rotatable bonds is 3. The summed E-state index contributed by atoms with van der Waals surface area (Å²) in [4.78, 5) is 31.0. The Bertz CT molecular complexity index is 909. The number of aryl methyl sites for hydroxylation is 2. The Morgan fingerprint density at radius 3 is 2.96 bits per heavy atom. The average molecular weight is 385 g/mol. The molecular formula is C20H27N5O3. The molecule has 2 heterocycles. The van der Waals surface area contributed by atoms with Crippen LogP contribution in [0.25, 0.3) is 11.0 Å². The Labute approximate surface area is 163 Å². The predicted octanol–water partition coefficient (Wildman–Crippen LogP) is 0.325. The van der Waals surface area contributed by atoms with E-state index in [1.54, 1.807) is 12.1 Å². The topological polar surface area (TPSA) is 99.5 Å². The zero-order chi connectivity index (χ0) is 19.8. The van der Waals surface area contributed by atoms with Crippen LogP contribution in [0.5, 0.6) is 0 Å². The highest BCUT2D eigenvalue weighted by Gasteiger charge is 2.37. The second kappa shape index (κ2) is 7.52. The maximum atomic E-state index is 12.8. The van der Waals surface area contributed by atoms with Crippen LogP contribution < -0.4 is 10.6 Å². The van der Waals surface area contributed by atoms with Crippen molar-refractivity contribution in [2.45, 2.75) is 44.4 Å². The minimum atomic E-state index is -0.690. The zero-order valence-corrected chi connectivity index (χ0v) is 16.3. The molecule has 2 aliphatic rings. The van der Waals surface area contributed by atoms with Crippen LogP contribution in [0.2, 0.25) is 0 Å². The van der Waals surface area contributed by atoms with Gasteiger partial charge in [0.05, 0.1) is 29.7 Å². The number of hydrogen-bond donors (Lipinski definition) is 3. The Hall–Kier alpha value is -2.45. The van der Waals surface area contributed by atoms with E-state index in [9.17, 15) is 14.7 Å². The minimum Gasteiger partial charge on any atom is -0.389 e. The summed E-state index contributed by atoms with van der Waals surface area (Å²) in [5.74, 6) is 0.679. The number of fused-ring (bicyclic) bond motifs is 1. The zero-order valence-electron chi connectivity index (χ0n) is 16.3. The van der Waals surface area contributed by atoms with E-state index in [1.165, 1.54) is 0 Å². The maximum Gasteiger partial charge on any atom is 0.251 e. The maximum absolute atomic E-state index is 12.8. The van der Waals surface area contributed by atoms with Crippen molar-refractivity contribution in [3.8, 4) is 0 Å². The second-order valence-electron chi connectivity index (χ2n) is 7.81. The molecule has 0 spiro atoms. The van der Waals surface area contributed by atoms with Crippen LogP contribution in [0.4, 0.5) is 0 Å². The van der Waals surface area contributed by atoms with Crippen molar-refractivity contribution in [2.24, 2.45) is 7.05 Å². The highest BCUT2D eigenvalue weighted by molar-refractivity contribution is 5.97. The molecule has 150 valence electrons. The number of imidazole rings is 1. The van der Waals surface area contributed by atoms with Gasteiger partial charge in [-0.1, -0.05) is 0 Å². The Balaban J connectivity index is 1.47. The number of aliphatic hydroxyl groups is 1. The first-order valence-electron chi connectivity index (χ1n) is 9.87. The van der Waals surface area contributed by atoms with E-state index >= 15 is 0 Å². The standard InChI is InChI=1S/C20H27N5O3/c1-12-22-15-10-13(6-7-16(15)24(12)2)20(28)23-14-4-3-5-17(19(14)27)25-9-8-21-18(26)11-25/h6-7,10,14,17,19,27H,3-5,8-9,11H2,1-2H3,(H,21,26)(H,23,28)/t14-,17-,19-/m1/s1. The second-order valence-corrected chi connectivity index (χ2v) is 7.81. The van der Waals surface area contributed by atoms with E-state index in [2.05, 4.69) is 15.6 Å². The van der Waals surface area contributed by atoms with Crippen molar-refractivity contribution in [3.63, 3.8) is 0 Å². The molecule has 8 nitrogen and oxygen atoms in total. The van der Waals surface area contributed by atoms with Gasteiger partial charge in [-0.2, -0.15) is 0 Å². The largest absolute Gasteiger partial charge is 0.389 e. The van der Waals surface area contributed by atoms with Gasteiger partial charge < -0.3 is 20.3 Å². The van der Waals surface area contributed by atoms with Crippen molar-refractivity contribution in [1.29, 1.82) is 0 Å². The van der Waals surface area contributed by atoms with Gasteiger partial charge in [0, 0.05) is 31.7 Å². The van der Waals surface area contributed by atoms with Gasteiger partial charge in [-0.15, -0.1) is 0 Å². The van der Waals surface area contributed by atoms with Crippen LogP contribution in [-0.4, -0.2) is 69.2 Å². The molecule has 2 amide bonds. The lowest BCUT2D eigenvalue weighted by Crippen LogP contribution is -2.60. The molecule has 1 aliphatic heterocycles. The molecule has 1 saturated carbocycles. The number of amides is 2. The fourth-order valence-electron chi connectivity index (χ4n) is 4.37. The van der Waals surface area contributed by atoms with Gasteiger partial charge in [0.15, 0.2) is 0 Å². The number of carbonyl (C=O) groups is 2. The lowest BCUT2D eigenvalue weighted by molar-refractivity contribution is -0.126. The van der Waals surface area contributed by atoms with Gasteiger partial charge in [0.1, 0.15) is 5.82 Å². The quantitative estimate of drug-likeness (QED) is 0.707. The van der Waals surface area contributed by atoms with E-state index in [-0.39, 0.29) is 23.9 Å². The van der Waals surface area contributed by atoms with E-state index < -0.39 is 6.10 Å². The first-order valence-corrected chi connectivity index (χ1v) is 9.87. The van der Waals surface area contributed by atoms with Gasteiger partial charge in [0.25, 0.3) is 5.91 Å². The normalized spacial score (nSPS) is 26.2. The summed E-state index contributed by atoms with van der Waals surface area (Å²) in [6, 6.07) is 5.06. The number of aromatic nitrogens is 2. The summed E-state index contributed by atoms with van der Waals surface area (Å²) in [6.07, 6.45) is 1.78. The molecule has 0 unspecified atom stereocenters. The number of nitrogens with zero attached hydrogens (tertiary/aromatic N) is 3. The van der Waals surface area contributed by atoms with Crippen molar-refractivity contribution in [1.82, 2.24) is 25.1 Å². The minimum absolute atomic E-state index is 0.0106. The Kier molecular flexibility index (Phi) is 5.07. The van der Waals surface area contributed by atoms with Crippen molar-refractivity contribution in [3.05, 3.63) is 29.6 Å². The summed E-state index contributed by atoms with van der Waals surface area (Å²) in [5, 5.41) is 16.7. The first-order chi connectivity index (χ1) is 13.4. The molecule has 0 radical (unpaired) electrons. The fraction of sp³-hybridized carbons (Fsp3) is 0.550. The monoisotopic (exact) mass is 385 g/mol. The van der Waals surface area contributed by atoms with Gasteiger partial charge in [-0.25, -0.2) is 4.98 Å². The fourth-order valence-corrected chi connectivity index (χ4v) is 4.37. The van der Waals surface area contributed by atoms with Gasteiger partial charge >= 0.3 is 0 Å². The van der Waals surface area contributed by atoms with E-state index in [0.717, 1.165) is 42.7 Å². The number of piperazine rings is 1. The molecular weight excluding hydrogens is 358 g/mol. The van der Waals surface area contributed by atoms with E-state index in [4.69, 9.17) is 0 Å². The number of aliphatic hydroxyl groups excluding tert-OH is 1. The summed E-state index contributed by atoms with van der Waals surface area (Å²) >= 11 is 0. The molecule has 3 atom stereocenters. The third kappa shape index (κ3) is 3.49. The molecule has 8 heteroatoms. The molecule has 1 aromatic carbocycles. The van der Waals surface area contributed by atoms with Crippen LogP contribution in [0.3, 0.4) is 0 Å². The highest BCUT2D eigenvalue weighted by atomic mass is 16.3. The van der Waals surface area contributed by atoms with Crippen LogP contribution in [0.1, 0.15) is 35.4 Å². The lowest BCUT2D eigenvalue weighted by Gasteiger charge is -2.42. The van der Waals surface area contributed by atoms with E-state index in [1.807, 2.05) is 29.5 Å². The SMILES string of the molecule is Cc1nc2cc(C(=O)N[C@@H]3CCC[C@@H](N4CCNC(=O)C4)[C@@H]3O)ccc2n1C. The Morgan fingerprint density at radius 1 is 1.36 bits per heavy atom. The van der Waals surface area contributed by atoms with Crippen molar-refractivity contribution < 1.29 is 14.7 Å². The first kappa shape index (κ1) is 18.9. The number of hydrogen-bond acceptors (Lipinski definition) is 5. The number of carbonyl (C=O) groups excluding carboxylic acids is 2. The Morgan fingerprint density at radius 2 is 2.18 bits per heavy atom. The average Bonchev–Trinajstić information content (AvgIpc) is 2.96. The van der Waals surface area contributed by atoms with E-state index in [0.29, 0.717) is 18.7 Å². The van der Waals surface area contributed by atoms with Crippen LogP contribution in [0.15, 0.2) is 18.2 Å². The molecule has 2 aromatic rings. The summed E-state index contributed by atoms with van der Waals surface area (Å²) in [7, 11) is 1.95. The molecule has 28 heavy (non-hydrogen) atoms. The molecule has 1 saturated heterocycles. The summed E-state index contributed by atoms with van der Waals surface area (Å²) in [5.41, 5.74) is 2.31. The van der Waals surface area contributed by atoms with Crippen molar-refractivity contribution in [2.75, 3.05) is 19.6 Å². The predicted molar refractivity (Wildman–Crippen MR) is 105 cm³/mol. The number of benzene rings is 1.